The highest BCUT2D eigenvalue weighted by atomic mass is 16.3. The molecule has 2 aliphatic heterocycles. The van der Waals surface area contributed by atoms with E-state index in [0.29, 0.717) is 0 Å². The van der Waals surface area contributed by atoms with Gasteiger partial charge in [-0.3, -0.25) is 0 Å². The van der Waals surface area contributed by atoms with Crippen molar-refractivity contribution in [1.29, 1.82) is 0 Å². The van der Waals surface area contributed by atoms with Crippen molar-refractivity contribution in [3.63, 3.8) is 0 Å². The van der Waals surface area contributed by atoms with Crippen LogP contribution in [-0.4, -0.2) is 48.3 Å². The van der Waals surface area contributed by atoms with E-state index in [1.54, 1.807) is 0 Å². The summed E-state index contributed by atoms with van der Waals surface area (Å²) in [5.41, 5.74) is -0.414. The lowest BCUT2D eigenvalue weighted by molar-refractivity contribution is 0.0442. The fourth-order valence-corrected chi connectivity index (χ4v) is 2.74. The molecule has 88 valence electrons. The average Bonchev–Trinajstić information content (AvgIpc) is 2.60. The highest BCUT2D eigenvalue weighted by molar-refractivity contribution is 4.81. The smallest absolute Gasteiger partial charge is 0.0632 e. The maximum absolute atomic E-state index is 9.99. The Morgan fingerprint density at radius 2 is 2.27 bits per heavy atom. The van der Waals surface area contributed by atoms with Gasteiger partial charge in [-0.2, -0.15) is 0 Å². The number of likely N-dealkylation sites (tertiary alicyclic amines) is 1. The first-order valence-corrected chi connectivity index (χ1v) is 6.31. The lowest BCUT2D eigenvalue weighted by Crippen LogP contribution is -2.33. The fourth-order valence-electron chi connectivity index (χ4n) is 2.74. The molecule has 0 aromatic rings. The normalized spacial score (nSPS) is 39.2. The molecule has 2 aliphatic rings. The van der Waals surface area contributed by atoms with E-state index in [1.165, 1.54) is 32.6 Å². The molecule has 0 bridgehead atoms. The lowest BCUT2D eigenvalue weighted by atomic mass is 9.98. The minimum Gasteiger partial charge on any atom is -0.390 e. The van der Waals surface area contributed by atoms with E-state index >= 15 is 0 Å². The van der Waals surface area contributed by atoms with Gasteiger partial charge in [0.1, 0.15) is 0 Å². The van der Waals surface area contributed by atoms with Crippen LogP contribution in [0.5, 0.6) is 0 Å². The quantitative estimate of drug-likeness (QED) is 0.712. The Morgan fingerprint density at radius 3 is 3.00 bits per heavy atom. The number of hydrogen-bond acceptors (Lipinski definition) is 3. The molecule has 2 N–H and O–H groups in total. The molecule has 2 atom stereocenters. The molecule has 0 spiro atoms. The predicted octanol–water partition coefficient (Wildman–Crippen LogP) is 0.833. The Kier molecular flexibility index (Phi) is 3.65. The summed E-state index contributed by atoms with van der Waals surface area (Å²) in [6, 6.07) is 0. The number of nitrogens with one attached hydrogen (secondary N) is 1. The Hall–Kier alpha value is -0.120. The summed E-state index contributed by atoms with van der Waals surface area (Å²) in [6.45, 7) is 7.83. The molecule has 3 nitrogen and oxygen atoms in total. The van der Waals surface area contributed by atoms with Gasteiger partial charge in [0.15, 0.2) is 0 Å². The SMILES string of the molecule is CC1(O)CCCN(CC2CCNC2)CC1. The Labute approximate surface area is 92.8 Å². The molecular weight excluding hydrogens is 188 g/mol. The predicted molar refractivity (Wildman–Crippen MR) is 61.9 cm³/mol. The summed E-state index contributed by atoms with van der Waals surface area (Å²) < 4.78 is 0. The molecule has 2 saturated heterocycles. The van der Waals surface area contributed by atoms with Gasteiger partial charge in [0.05, 0.1) is 5.60 Å². The highest BCUT2D eigenvalue weighted by Gasteiger charge is 2.26. The van der Waals surface area contributed by atoms with Crippen LogP contribution in [0.25, 0.3) is 0 Å². The first-order chi connectivity index (χ1) is 7.16. The number of hydrogen-bond donors (Lipinski definition) is 2. The van der Waals surface area contributed by atoms with Gasteiger partial charge in [-0.1, -0.05) is 0 Å². The largest absolute Gasteiger partial charge is 0.390 e. The van der Waals surface area contributed by atoms with Crippen LogP contribution in [0.1, 0.15) is 32.6 Å². The second-order valence-corrected chi connectivity index (χ2v) is 5.51. The van der Waals surface area contributed by atoms with Crippen molar-refractivity contribution in [3.05, 3.63) is 0 Å². The van der Waals surface area contributed by atoms with Gasteiger partial charge in [-0.25, -0.2) is 0 Å². The van der Waals surface area contributed by atoms with Gasteiger partial charge in [0.2, 0.25) is 0 Å². The van der Waals surface area contributed by atoms with Gasteiger partial charge >= 0.3 is 0 Å². The molecule has 3 heteroatoms. The van der Waals surface area contributed by atoms with E-state index in [-0.39, 0.29) is 0 Å². The molecule has 0 saturated carbocycles. The van der Waals surface area contributed by atoms with Crippen LogP contribution < -0.4 is 5.32 Å². The zero-order valence-electron chi connectivity index (χ0n) is 9.84. The zero-order chi connectivity index (χ0) is 10.7. The summed E-state index contributed by atoms with van der Waals surface area (Å²) in [5, 5.41) is 13.4. The topological polar surface area (TPSA) is 35.5 Å². The van der Waals surface area contributed by atoms with Gasteiger partial charge in [-0.05, 0) is 58.2 Å². The third-order valence-corrected chi connectivity index (χ3v) is 3.84. The summed E-state index contributed by atoms with van der Waals surface area (Å²) in [4.78, 5) is 2.54. The average molecular weight is 212 g/mol. The number of aliphatic hydroxyl groups is 1. The van der Waals surface area contributed by atoms with Crippen LogP contribution in [0, 0.1) is 5.92 Å². The molecule has 2 heterocycles. The van der Waals surface area contributed by atoms with Crippen molar-refractivity contribution in [3.8, 4) is 0 Å². The zero-order valence-corrected chi connectivity index (χ0v) is 9.84. The molecule has 2 unspecified atom stereocenters. The fraction of sp³-hybridized carbons (Fsp3) is 1.00. The van der Waals surface area contributed by atoms with E-state index in [1.807, 2.05) is 6.92 Å². The van der Waals surface area contributed by atoms with E-state index in [0.717, 1.165) is 31.7 Å². The van der Waals surface area contributed by atoms with E-state index in [9.17, 15) is 5.11 Å². The molecule has 15 heavy (non-hydrogen) atoms. The van der Waals surface area contributed by atoms with Crippen LogP contribution in [0.2, 0.25) is 0 Å². The van der Waals surface area contributed by atoms with Gasteiger partial charge in [-0.15, -0.1) is 0 Å². The van der Waals surface area contributed by atoms with Crippen LogP contribution in [0.4, 0.5) is 0 Å². The van der Waals surface area contributed by atoms with Crippen molar-refractivity contribution in [2.45, 2.75) is 38.2 Å². The Morgan fingerprint density at radius 1 is 1.40 bits per heavy atom. The Bertz CT molecular complexity index is 200. The molecule has 2 rings (SSSR count). The number of rotatable bonds is 2. The second kappa shape index (κ2) is 4.81. The van der Waals surface area contributed by atoms with Crippen molar-refractivity contribution in [1.82, 2.24) is 10.2 Å². The van der Waals surface area contributed by atoms with Crippen LogP contribution in [0.3, 0.4) is 0 Å². The van der Waals surface area contributed by atoms with E-state index < -0.39 is 5.60 Å². The first-order valence-electron chi connectivity index (χ1n) is 6.31. The number of nitrogens with zero attached hydrogens (tertiary/aromatic N) is 1. The molecular formula is C12H24N2O. The van der Waals surface area contributed by atoms with E-state index in [4.69, 9.17) is 0 Å². The van der Waals surface area contributed by atoms with Crippen LogP contribution in [-0.2, 0) is 0 Å². The van der Waals surface area contributed by atoms with Crippen molar-refractivity contribution >= 4 is 0 Å². The summed E-state index contributed by atoms with van der Waals surface area (Å²) in [6.07, 6.45) is 4.37. The first kappa shape index (κ1) is 11.4. The van der Waals surface area contributed by atoms with Crippen LogP contribution >= 0.6 is 0 Å². The molecule has 0 radical (unpaired) electrons. The monoisotopic (exact) mass is 212 g/mol. The minimum atomic E-state index is -0.414. The highest BCUT2D eigenvalue weighted by Crippen LogP contribution is 2.22. The van der Waals surface area contributed by atoms with Crippen molar-refractivity contribution in [2.75, 3.05) is 32.7 Å². The second-order valence-electron chi connectivity index (χ2n) is 5.51. The molecule has 0 aromatic carbocycles. The maximum atomic E-state index is 9.99. The maximum Gasteiger partial charge on any atom is 0.0632 e. The summed E-state index contributed by atoms with van der Waals surface area (Å²) >= 11 is 0. The molecule has 2 fully saturated rings. The molecule has 0 aromatic heterocycles. The van der Waals surface area contributed by atoms with E-state index in [2.05, 4.69) is 10.2 Å². The summed E-state index contributed by atoms with van der Waals surface area (Å²) in [5.74, 6) is 0.841. The van der Waals surface area contributed by atoms with Crippen LogP contribution in [0.15, 0.2) is 0 Å². The van der Waals surface area contributed by atoms with Gasteiger partial charge in [0, 0.05) is 13.1 Å². The minimum absolute atomic E-state index is 0.414. The molecule has 0 aliphatic carbocycles. The third-order valence-electron chi connectivity index (χ3n) is 3.84. The Balaban J connectivity index is 1.78. The molecule has 0 amide bonds. The summed E-state index contributed by atoms with van der Waals surface area (Å²) in [7, 11) is 0. The van der Waals surface area contributed by atoms with Crippen molar-refractivity contribution in [2.24, 2.45) is 5.92 Å². The standard InChI is InChI=1S/C12H24N2O/c1-12(15)4-2-7-14(8-5-12)10-11-3-6-13-9-11/h11,13,15H,2-10H2,1H3. The lowest BCUT2D eigenvalue weighted by Gasteiger charge is -2.24. The third kappa shape index (κ3) is 3.44. The van der Waals surface area contributed by atoms with Gasteiger partial charge < -0.3 is 15.3 Å². The van der Waals surface area contributed by atoms with Crippen molar-refractivity contribution < 1.29 is 5.11 Å². The van der Waals surface area contributed by atoms with Gasteiger partial charge in [0.25, 0.3) is 0 Å².